The highest BCUT2D eigenvalue weighted by Gasteiger charge is 2.19. The van der Waals surface area contributed by atoms with Crippen LogP contribution in [0.1, 0.15) is 30.3 Å². The third-order valence-corrected chi connectivity index (χ3v) is 5.04. The van der Waals surface area contributed by atoms with E-state index in [4.69, 9.17) is 0 Å². The molecule has 0 saturated heterocycles. The van der Waals surface area contributed by atoms with Gasteiger partial charge < -0.3 is 4.90 Å². The number of thiophene rings is 1. The molecule has 23 heavy (non-hydrogen) atoms. The molecule has 0 spiro atoms. The Bertz CT molecular complexity index is 630. The van der Waals surface area contributed by atoms with Crippen molar-refractivity contribution >= 4 is 17.2 Å². The van der Waals surface area contributed by atoms with Crippen molar-refractivity contribution in [1.29, 1.82) is 0 Å². The Morgan fingerprint density at radius 2 is 2.09 bits per heavy atom. The van der Waals surface area contributed by atoms with Gasteiger partial charge in [0.25, 0.3) is 0 Å². The number of amides is 1. The van der Waals surface area contributed by atoms with E-state index in [2.05, 4.69) is 13.0 Å². The predicted octanol–water partition coefficient (Wildman–Crippen LogP) is 3.93. The number of rotatable bonds is 7. The topological polar surface area (TPSA) is 23.6 Å². The molecule has 5 heteroatoms. The lowest BCUT2D eigenvalue weighted by molar-refractivity contribution is -0.133. The Balaban J connectivity index is 1.96. The number of likely N-dealkylation sites (N-methyl/N-ethyl adjacent to an activating group) is 2. The summed E-state index contributed by atoms with van der Waals surface area (Å²) in [4.78, 5) is 17.6. The van der Waals surface area contributed by atoms with Gasteiger partial charge in [0.15, 0.2) is 0 Å². The average Bonchev–Trinajstić information content (AvgIpc) is 3.06. The van der Waals surface area contributed by atoms with Crippen LogP contribution in [-0.4, -0.2) is 35.8 Å². The predicted molar refractivity (Wildman–Crippen MR) is 92.9 cm³/mol. The Morgan fingerprint density at radius 3 is 2.70 bits per heavy atom. The van der Waals surface area contributed by atoms with Crippen LogP contribution in [0.25, 0.3) is 0 Å². The van der Waals surface area contributed by atoms with Gasteiger partial charge in [-0.3, -0.25) is 9.69 Å². The van der Waals surface area contributed by atoms with E-state index in [1.165, 1.54) is 17.0 Å². The van der Waals surface area contributed by atoms with Crippen molar-refractivity contribution in [2.75, 3.05) is 20.1 Å². The fourth-order valence-electron chi connectivity index (χ4n) is 2.43. The molecule has 1 aromatic heterocycles. The molecule has 0 N–H and O–H groups in total. The highest BCUT2D eigenvalue weighted by Crippen LogP contribution is 2.23. The van der Waals surface area contributed by atoms with Crippen LogP contribution in [-0.2, 0) is 11.3 Å². The van der Waals surface area contributed by atoms with Gasteiger partial charge in [0.2, 0.25) is 5.91 Å². The summed E-state index contributed by atoms with van der Waals surface area (Å²) in [5.74, 6) is -0.211. The SMILES string of the molecule is CCN(Cc1cccc(F)c1)C(=O)CN(C)C(C)c1cccs1. The van der Waals surface area contributed by atoms with E-state index in [9.17, 15) is 9.18 Å². The number of carbonyl (C=O) groups is 1. The number of nitrogens with zero attached hydrogens (tertiary/aromatic N) is 2. The minimum absolute atomic E-state index is 0.0580. The summed E-state index contributed by atoms with van der Waals surface area (Å²) in [5, 5.41) is 2.05. The zero-order valence-corrected chi connectivity index (χ0v) is 14.6. The maximum absolute atomic E-state index is 13.3. The van der Waals surface area contributed by atoms with E-state index in [1.807, 2.05) is 36.4 Å². The quantitative estimate of drug-likeness (QED) is 0.766. The van der Waals surface area contributed by atoms with Crippen molar-refractivity contribution in [3.8, 4) is 0 Å². The van der Waals surface area contributed by atoms with Crippen LogP contribution >= 0.6 is 11.3 Å². The molecule has 0 saturated carbocycles. The van der Waals surface area contributed by atoms with Gasteiger partial charge in [-0.2, -0.15) is 0 Å². The molecule has 3 nitrogen and oxygen atoms in total. The van der Waals surface area contributed by atoms with Gasteiger partial charge in [0.05, 0.1) is 6.54 Å². The van der Waals surface area contributed by atoms with Crippen LogP contribution in [0, 0.1) is 5.82 Å². The lowest BCUT2D eigenvalue weighted by Crippen LogP contribution is -2.39. The molecule has 1 unspecified atom stereocenters. The first-order valence-corrected chi connectivity index (χ1v) is 8.65. The number of hydrogen-bond acceptors (Lipinski definition) is 3. The molecule has 0 aliphatic rings. The minimum Gasteiger partial charge on any atom is -0.338 e. The summed E-state index contributed by atoms with van der Waals surface area (Å²) in [6, 6.07) is 10.7. The lowest BCUT2D eigenvalue weighted by Gasteiger charge is -2.27. The number of hydrogen-bond donors (Lipinski definition) is 0. The second kappa shape index (κ2) is 8.22. The van der Waals surface area contributed by atoms with E-state index < -0.39 is 0 Å². The van der Waals surface area contributed by atoms with E-state index in [-0.39, 0.29) is 17.8 Å². The summed E-state index contributed by atoms with van der Waals surface area (Å²) in [5.41, 5.74) is 0.814. The second-order valence-corrected chi connectivity index (χ2v) is 6.62. The van der Waals surface area contributed by atoms with Crippen LogP contribution in [0.4, 0.5) is 4.39 Å². The molecule has 1 amide bonds. The van der Waals surface area contributed by atoms with Crippen molar-refractivity contribution < 1.29 is 9.18 Å². The summed E-state index contributed by atoms with van der Waals surface area (Å²) < 4.78 is 13.3. The molecular formula is C18H23FN2OS. The number of benzene rings is 1. The molecule has 0 radical (unpaired) electrons. The first kappa shape index (κ1) is 17.6. The van der Waals surface area contributed by atoms with Crippen molar-refractivity contribution in [2.24, 2.45) is 0 Å². The van der Waals surface area contributed by atoms with Gasteiger partial charge >= 0.3 is 0 Å². The minimum atomic E-state index is -0.269. The molecule has 0 fully saturated rings. The molecule has 124 valence electrons. The lowest BCUT2D eigenvalue weighted by atomic mass is 10.2. The Labute approximate surface area is 141 Å². The van der Waals surface area contributed by atoms with Crippen molar-refractivity contribution in [3.63, 3.8) is 0 Å². The third-order valence-electron chi connectivity index (χ3n) is 4.00. The average molecular weight is 334 g/mol. The Hall–Kier alpha value is -1.72. The first-order chi connectivity index (χ1) is 11.0. The summed E-state index contributed by atoms with van der Waals surface area (Å²) >= 11 is 1.70. The molecule has 1 heterocycles. The summed E-state index contributed by atoms with van der Waals surface area (Å²) in [6.45, 7) is 5.44. The maximum Gasteiger partial charge on any atom is 0.237 e. The van der Waals surface area contributed by atoms with E-state index in [1.54, 1.807) is 22.3 Å². The van der Waals surface area contributed by atoms with E-state index in [0.29, 0.717) is 19.6 Å². The maximum atomic E-state index is 13.3. The molecule has 1 atom stereocenters. The van der Waals surface area contributed by atoms with Gasteiger partial charge in [-0.25, -0.2) is 4.39 Å². The Kier molecular flexibility index (Phi) is 6.30. The number of carbonyl (C=O) groups excluding carboxylic acids is 1. The van der Waals surface area contributed by atoms with Crippen LogP contribution < -0.4 is 0 Å². The van der Waals surface area contributed by atoms with Crippen LogP contribution in [0.15, 0.2) is 41.8 Å². The molecule has 1 aromatic carbocycles. The molecule has 0 aliphatic carbocycles. The monoisotopic (exact) mass is 334 g/mol. The van der Waals surface area contributed by atoms with Crippen LogP contribution in [0.2, 0.25) is 0 Å². The normalized spacial score (nSPS) is 12.4. The second-order valence-electron chi connectivity index (χ2n) is 5.64. The van der Waals surface area contributed by atoms with Gasteiger partial charge in [0.1, 0.15) is 5.82 Å². The summed E-state index contributed by atoms with van der Waals surface area (Å²) in [6.07, 6.45) is 0. The first-order valence-electron chi connectivity index (χ1n) is 7.77. The third kappa shape index (κ3) is 4.88. The van der Waals surface area contributed by atoms with E-state index >= 15 is 0 Å². The van der Waals surface area contributed by atoms with E-state index in [0.717, 1.165) is 5.56 Å². The summed E-state index contributed by atoms with van der Waals surface area (Å²) in [7, 11) is 1.96. The van der Waals surface area contributed by atoms with Gasteiger partial charge in [0, 0.05) is 24.0 Å². The molecule has 2 rings (SSSR count). The molecule has 0 bridgehead atoms. The standard InChI is InChI=1S/C18H23FN2OS/c1-4-21(12-15-7-5-8-16(19)11-15)18(22)13-20(3)14(2)17-9-6-10-23-17/h5-11,14H,4,12-13H2,1-3H3. The number of halogens is 1. The molecule has 2 aromatic rings. The van der Waals surface area contributed by atoms with Gasteiger partial charge in [-0.1, -0.05) is 18.2 Å². The highest BCUT2D eigenvalue weighted by molar-refractivity contribution is 7.10. The Morgan fingerprint density at radius 1 is 1.30 bits per heavy atom. The van der Waals surface area contributed by atoms with Gasteiger partial charge in [-0.05, 0) is 50.0 Å². The molecule has 0 aliphatic heterocycles. The van der Waals surface area contributed by atoms with Gasteiger partial charge in [-0.15, -0.1) is 11.3 Å². The fraction of sp³-hybridized carbons (Fsp3) is 0.389. The van der Waals surface area contributed by atoms with Crippen molar-refractivity contribution in [2.45, 2.75) is 26.4 Å². The largest absolute Gasteiger partial charge is 0.338 e. The zero-order valence-electron chi connectivity index (χ0n) is 13.8. The van der Waals surface area contributed by atoms with Crippen LogP contribution in [0.5, 0.6) is 0 Å². The zero-order chi connectivity index (χ0) is 16.8. The van der Waals surface area contributed by atoms with Crippen LogP contribution in [0.3, 0.4) is 0 Å². The molecular weight excluding hydrogens is 311 g/mol. The van der Waals surface area contributed by atoms with Crippen molar-refractivity contribution in [3.05, 3.63) is 58.0 Å². The van der Waals surface area contributed by atoms with Crippen molar-refractivity contribution in [1.82, 2.24) is 9.80 Å². The fourth-order valence-corrected chi connectivity index (χ4v) is 3.28. The highest BCUT2D eigenvalue weighted by atomic mass is 32.1. The smallest absolute Gasteiger partial charge is 0.237 e.